The number of hydrogen-bond donors (Lipinski definition) is 2. The number of esters is 1. The summed E-state index contributed by atoms with van der Waals surface area (Å²) in [5.41, 5.74) is 1.16. The van der Waals surface area contributed by atoms with Gasteiger partial charge < -0.3 is 15.1 Å². The van der Waals surface area contributed by atoms with E-state index >= 15 is 0 Å². The lowest BCUT2D eigenvalue weighted by molar-refractivity contribution is -0.139. The number of phenolic OH excluding ortho intramolecular Hbond substituents is 1. The third-order valence-electron chi connectivity index (χ3n) is 2.06. The van der Waals surface area contributed by atoms with Gasteiger partial charge in [-0.05, 0) is 17.7 Å². The number of aromatic hydroxyl groups is 1. The number of carbonyl (C=O) groups excluding carboxylic acids is 1. The van der Waals surface area contributed by atoms with Crippen LogP contribution >= 0.6 is 0 Å². The van der Waals surface area contributed by atoms with Crippen LogP contribution in [0.1, 0.15) is 12.0 Å². The van der Waals surface area contributed by atoms with Crippen molar-refractivity contribution in [2.75, 3.05) is 7.11 Å². The standard InChI is InChI=1S/C11H13NO4/c1-16-11(14)7-9(12-15)6-8-2-4-10(13)5-3-8/h2-5,13,15H,6-7H2,1H3/b12-9-. The Morgan fingerprint density at radius 1 is 1.38 bits per heavy atom. The van der Waals surface area contributed by atoms with Crippen LogP contribution in [0.25, 0.3) is 0 Å². The first-order valence-corrected chi connectivity index (χ1v) is 4.70. The van der Waals surface area contributed by atoms with Crippen molar-refractivity contribution in [3.8, 4) is 5.75 Å². The number of oxime groups is 1. The second-order valence-electron chi connectivity index (χ2n) is 3.26. The molecular weight excluding hydrogens is 210 g/mol. The van der Waals surface area contributed by atoms with E-state index in [9.17, 15) is 4.79 Å². The SMILES string of the molecule is COC(=O)C/C(Cc1ccc(O)cc1)=N\O. The molecule has 0 amide bonds. The Kier molecular flexibility index (Phi) is 4.32. The molecule has 0 aromatic heterocycles. The van der Waals surface area contributed by atoms with Crippen molar-refractivity contribution < 1.29 is 19.8 Å². The molecule has 5 heteroatoms. The first-order chi connectivity index (χ1) is 7.65. The van der Waals surface area contributed by atoms with Gasteiger partial charge in [0.15, 0.2) is 0 Å². The minimum Gasteiger partial charge on any atom is -0.508 e. The summed E-state index contributed by atoms with van der Waals surface area (Å²) in [7, 11) is 1.28. The Morgan fingerprint density at radius 3 is 2.50 bits per heavy atom. The highest BCUT2D eigenvalue weighted by Gasteiger charge is 2.09. The summed E-state index contributed by atoms with van der Waals surface area (Å²) >= 11 is 0. The predicted molar refractivity (Wildman–Crippen MR) is 57.7 cm³/mol. The van der Waals surface area contributed by atoms with E-state index in [0.717, 1.165) is 5.56 Å². The van der Waals surface area contributed by atoms with Crippen molar-refractivity contribution in [1.29, 1.82) is 0 Å². The highest BCUT2D eigenvalue weighted by Crippen LogP contribution is 2.11. The molecule has 0 aliphatic rings. The van der Waals surface area contributed by atoms with Crippen molar-refractivity contribution in [3.05, 3.63) is 29.8 Å². The molecule has 0 fully saturated rings. The molecule has 0 saturated carbocycles. The average molecular weight is 223 g/mol. The maximum absolute atomic E-state index is 11.0. The Morgan fingerprint density at radius 2 is 2.00 bits per heavy atom. The van der Waals surface area contributed by atoms with Crippen molar-refractivity contribution in [3.63, 3.8) is 0 Å². The molecule has 0 bridgehead atoms. The zero-order chi connectivity index (χ0) is 12.0. The molecule has 0 unspecified atom stereocenters. The van der Waals surface area contributed by atoms with E-state index in [1.165, 1.54) is 19.2 Å². The maximum atomic E-state index is 11.0. The fourth-order valence-corrected chi connectivity index (χ4v) is 1.22. The first-order valence-electron chi connectivity index (χ1n) is 4.70. The van der Waals surface area contributed by atoms with Gasteiger partial charge in [0, 0.05) is 6.42 Å². The maximum Gasteiger partial charge on any atom is 0.311 e. The van der Waals surface area contributed by atoms with Crippen LogP contribution in [0.3, 0.4) is 0 Å². The lowest BCUT2D eigenvalue weighted by Crippen LogP contribution is -2.12. The van der Waals surface area contributed by atoms with E-state index in [4.69, 9.17) is 10.3 Å². The fraction of sp³-hybridized carbons (Fsp3) is 0.273. The van der Waals surface area contributed by atoms with Gasteiger partial charge in [-0.25, -0.2) is 0 Å². The van der Waals surface area contributed by atoms with E-state index in [-0.39, 0.29) is 12.2 Å². The minimum absolute atomic E-state index is 0.0477. The monoisotopic (exact) mass is 223 g/mol. The van der Waals surface area contributed by atoms with Gasteiger partial charge in [0.2, 0.25) is 0 Å². The van der Waals surface area contributed by atoms with E-state index in [2.05, 4.69) is 9.89 Å². The topological polar surface area (TPSA) is 79.1 Å². The number of nitrogens with zero attached hydrogens (tertiary/aromatic N) is 1. The van der Waals surface area contributed by atoms with E-state index in [1.807, 2.05) is 0 Å². The number of ether oxygens (including phenoxy) is 1. The third-order valence-corrected chi connectivity index (χ3v) is 2.06. The predicted octanol–water partition coefficient (Wildman–Crippen LogP) is 1.33. The number of phenols is 1. The van der Waals surface area contributed by atoms with Crippen LogP contribution in [0.4, 0.5) is 0 Å². The molecule has 0 atom stereocenters. The van der Waals surface area contributed by atoms with Gasteiger partial charge in [-0.3, -0.25) is 4.79 Å². The third kappa shape index (κ3) is 3.61. The summed E-state index contributed by atoms with van der Waals surface area (Å²) in [5.74, 6) is -0.286. The molecule has 0 saturated heterocycles. The average Bonchev–Trinajstić information content (AvgIpc) is 2.30. The summed E-state index contributed by atoms with van der Waals surface area (Å²) in [6.07, 6.45) is 0.291. The highest BCUT2D eigenvalue weighted by atomic mass is 16.5. The lowest BCUT2D eigenvalue weighted by atomic mass is 10.1. The largest absolute Gasteiger partial charge is 0.508 e. The quantitative estimate of drug-likeness (QED) is 0.349. The summed E-state index contributed by atoms with van der Waals surface area (Å²) in [5, 5.41) is 20.8. The Bertz CT molecular complexity index is 383. The fourth-order valence-electron chi connectivity index (χ4n) is 1.22. The number of rotatable bonds is 4. The molecule has 0 aliphatic carbocycles. The van der Waals surface area contributed by atoms with Crippen LogP contribution < -0.4 is 0 Å². The van der Waals surface area contributed by atoms with Gasteiger partial charge in [0.25, 0.3) is 0 Å². The summed E-state index contributed by atoms with van der Waals surface area (Å²) < 4.78 is 4.47. The smallest absolute Gasteiger partial charge is 0.311 e. The van der Waals surface area contributed by atoms with Gasteiger partial charge in [0.1, 0.15) is 5.75 Å². The Balaban J connectivity index is 2.64. The molecule has 16 heavy (non-hydrogen) atoms. The van der Waals surface area contributed by atoms with E-state index in [0.29, 0.717) is 12.1 Å². The molecule has 2 N–H and O–H groups in total. The van der Waals surface area contributed by atoms with Crippen LogP contribution in [0.2, 0.25) is 0 Å². The van der Waals surface area contributed by atoms with Gasteiger partial charge in [-0.2, -0.15) is 0 Å². The molecule has 86 valence electrons. The van der Waals surface area contributed by atoms with Gasteiger partial charge in [0.05, 0.1) is 19.2 Å². The van der Waals surface area contributed by atoms with Crippen LogP contribution in [-0.2, 0) is 16.0 Å². The van der Waals surface area contributed by atoms with Crippen LogP contribution in [0.15, 0.2) is 29.4 Å². The van der Waals surface area contributed by atoms with Crippen molar-refractivity contribution in [2.45, 2.75) is 12.8 Å². The zero-order valence-electron chi connectivity index (χ0n) is 8.88. The van der Waals surface area contributed by atoms with Crippen LogP contribution in [-0.4, -0.2) is 29.1 Å². The number of benzene rings is 1. The summed E-state index contributed by atoms with van der Waals surface area (Å²) in [6, 6.07) is 6.44. The van der Waals surface area contributed by atoms with Crippen molar-refractivity contribution >= 4 is 11.7 Å². The zero-order valence-corrected chi connectivity index (χ0v) is 8.88. The normalized spacial score (nSPS) is 11.2. The lowest BCUT2D eigenvalue weighted by Gasteiger charge is -2.03. The summed E-state index contributed by atoms with van der Waals surface area (Å²) in [4.78, 5) is 11.0. The number of carbonyl (C=O) groups is 1. The van der Waals surface area contributed by atoms with Crippen molar-refractivity contribution in [2.24, 2.45) is 5.16 Å². The van der Waals surface area contributed by atoms with Gasteiger partial charge in [-0.15, -0.1) is 0 Å². The molecular formula is C11H13NO4. The second-order valence-corrected chi connectivity index (χ2v) is 3.26. The molecule has 0 radical (unpaired) electrons. The molecule has 1 aromatic carbocycles. The Hall–Kier alpha value is -2.04. The molecule has 0 heterocycles. The molecule has 1 aromatic rings. The number of hydrogen-bond acceptors (Lipinski definition) is 5. The second kappa shape index (κ2) is 5.75. The molecule has 5 nitrogen and oxygen atoms in total. The summed E-state index contributed by atoms with van der Waals surface area (Å²) in [6.45, 7) is 0. The minimum atomic E-state index is -0.452. The highest BCUT2D eigenvalue weighted by molar-refractivity contribution is 5.99. The first kappa shape index (κ1) is 12.0. The molecule has 0 spiro atoms. The molecule has 0 aliphatic heterocycles. The Labute approximate surface area is 93.0 Å². The van der Waals surface area contributed by atoms with E-state index < -0.39 is 5.97 Å². The van der Waals surface area contributed by atoms with Gasteiger partial charge in [-0.1, -0.05) is 17.3 Å². The molecule has 1 rings (SSSR count). The van der Waals surface area contributed by atoms with Gasteiger partial charge >= 0.3 is 5.97 Å². The van der Waals surface area contributed by atoms with Crippen LogP contribution in [0, 0.1) is 0 Å². The van der Waals surface area contributed by atoms with E-state index in [1.54, 1.807) is 12.1 Å². The number of methoxy groups -OCH3 is 1. The van der Waals surface area contributed by atoms with Crippen molar-refractivity contribution in [1.82, 2.24) is 0 Å². The van der Waals surface area contributed by atoms with Crippen LogP contribution in [0.5, 0.6) is 5.75 Å².